The maximum atomic E-state index is 12.6. The number of aromatic amines is 1. The van der Waals surface area contributed by atoms with Gasteiger partial charge < -0.3 is 15.2 Å². The first-order valence-corrected chi connectivity index (χ1v) is 8.82. The predicted molar refractivity (Wildman–Crippen MR) is 93.2 cm³/mol. The van der Waals surface area contributed by atoms with Gasteiger partial charge in [0.15, 0.2) is 5.78 Å². The molecule has 2 heterocycles. The van der Waals surface area contributed by atoms with Gasteiger partial charge in [-0.1, -0.05) is 6.07 Å². The zero-order valence-corrected chi connectivity index (χ0v) is 14.5. The molecule has 1 aromatic carbocycles. The number of amides is 1. The highest BCUT2D eigenvalue weighted by Gasteiger charge is 2.36. The molecule has 1 amide bonds. The number of nitrogens with zero attached hydrogens (tertiary/aromatic N) is 1. The molecule has 7 heteroatoms. The third-order valence-corrected chi connectivity index (χ3v) is 5.16. The molecule has 136 valence electrons. The summed E-state index contributed by atoms with van der Waals surface area (Å²) < 4.78 is 5.55. The van der Waals surface area contributed by atoms with E-state index in [0.29, 0.717) is 19.4 Å². The average Bonchev–Trinajstić information content (AvgIpc) is 3.25. The van der Waals surface area contributed by atoms with E-state index >= 15 is 0 Å². The summed E-state index contributed by atoms with van der Waals surface area (Å²) in [6.45, 7) is 2.09. The Balaban J connectivity index is 1.57. The third-order valence-electron chi connectivity index (χ3n) is 5.16. The molecule has 1 atom stereocenters. The lowest BCUT2D eigenvalue weighted by Gasteiger charge is -2.38. The van der Waals surface area contributed by atoms with Gasteiger partial charge in [0.2, 0.25) is 0 Å². The Bertz CT molecular complexity index is 854. The van der Waals surface area contributed by atoms with Crippen molar-refractivity contribution >= 4 is 11.7 Å². The topological polar surface area (TPSA) is 104 Å². The number of aliphatic hydroxyl groups excluding tert-OH is 1. The van der Waals surface area contributed by atoms with Gasteiger partial charge in [-0.3, -0.25) is 14.7 Å². The van der Waals surface area contributed by atoms with Gasteiger partial charge in [0.05, 0.1) is 18.8 Å². The number of H-pyrrole nitrogens is 1. The van der Waals surface area contributed by atoms with Gasteiger partial charge in [-0.25, -0.2) is 0 Å². The van der Waals surface area contributed by atoms with Crippen LogP contribution in [0.5, 0.6) is 5.75 Å². The monoisotopic (exact) mass is 355 g/mol. The van der Waals surface area contributed by atoms with Crippen LogP contribution >= 0.6 is 0 Å². The number of nitrogens with one attached hydrogen (secondary N) is 2. The molecule has 1 aromatic heterocycles. The Morgan fingerprint density at radius 1 is 1.35 bits per heavy atom. The smallest absolute Gasteiger partial charge is 0.269 e. The molecule has 1 saturated carbocycles. The number of aliphatic hydroxyl groups is 1. The van der Waals surface area contributed by atoms with Crippen molar-refractivity contribution in [1.82, 2.24) is 15.5 Å². The third kappa shape index (κ3) is 3.10. The van der Waals surface area contributed by atoms with Crippen molar-refractivity contribution in [2.24, 2.45) is 5.92 Å². The number of hydrogen-bond acceptors (Lipinski definition) is 5. The Morgan fingerprint density at radius 3 is 2.85 bits per heavy atom. The first-order valence-electron chi connectivity index (χ1n) is 8.82. The molecule has 0 radical (unpaired) electrons. The highest BCUT2D eigenvalue weighted by Crippen LogP contribution is 2.39. The molecule has 26 heavy (non-hydrogen) atoms. The van der Waals surface area contributed by atoms with Crippen LogP contribution in [0.25, 0.3) is 0 Å². The summed E-state index contributed by atoms with van der Waals surface area (Å²) in [7, 11) is 0. The number of ketones is 1. The number of ether oxygens (including phenoxy) is 1. The van der Waals surface area contributed by atoms with E-state index in [0.717, 1.165) is 23.3 Å². The first-order chi connectivity index (χ1) is 12.5. The molecule has 3 N–H and O–H groups in total. The number of fused-ring (bicyclic) bond motifs is 1. The number of hydrogen-bond donors (Lipinski definition) is 3. The van der Waals surface area contributed by atoms with Crippen molar-refractivity contribution in [3.8, 4) is 5.75 Å². The molecular weight excluding hydrogens is 334 g/mol. The molecule has 0 unspecified atom stereocenters. The molecule has 1 fully saturated rings. The summed E-state index contributed by atoms with van der Waals surface area (Å²) in [5.41, 5.74) is 2.64. The number of carbonyl (C=O) groups excluding carboxylic acids is 2. The average molecular weight is 355 g/mol. The van der Waals surface area contributed by atoms with Gasteiger partial charge in [0, 0.05) is 13.3 Å². The minimum atomic E-state index is -0.312. The largest absolute Gasteiger partial charge is 0.493 e. The van der Waals surface area contributed by atoms with Crippen molar-refractivity contribution in [1.29, 1.82) is 0 Å². The van der Waals surface area contributed by atoms with Crippen LogP contribution in [0.2, 0.25) is 0 Å². The van der Waals surface area contributed by atoms with Crippen molar-refractivity contribution in [2.75, 3.05) is 6.61 Å². The van der Waals surface area contributed by atoms with Crippen molar-refractivity contribution in [3.63, 3.8) is 0 Å². The van der Waals surface area contributed by atoms with Crippen molar-refractivity contribution in [3.05, 3.63) is 46.8 Å². The fraction of sp³-hybridized carbons (Fsp3) is 0.421. The summed E-state index contributed by atoms with van der Waals surface area (Å²) >= 11 is 0. The van der Waals surface area contributed by atoms with Crippen LogP contribution in [0, 0.1) is 5.92 Å². The summed E-state index contributed by atoms with van der Waals surface area (Å²) in [6, 6.07) is 7.23. The fourth-order valence-corrected chi connectivity index (χ4v) is 3.61. The SMILES string of the molecule is CC(=O)c1cc(C(=O)N[C@H](c2ccc3c(c2)CCO3)C2CC(O)C2)[nH]n1. The second kappa shape index (κ2) is 6.57. The molecule has 2 aromatic rings. The number of carbonyl (C=O) groups is 2. The van der Waals surface area contributed by atoms with E-state index in [2.05, 4.69) is 21.6 Å². The molecule has 7 nitrogen and oxygen atoms in total. The molecule has 0 bridgehead atoms. The van der Waals surface area contributed by atoms with Crippen LogP contribution in [0.3, 0.4) is 0 Å². The van der Waals surface area contributed by atoms with Gasteiger partial charge in [-0.05, 0) is 48.1 Å². The quantitative estimate of drug-likeness (QED) is 0.709. The second-order valence-corrected chi connectivity index (χ2v) is 7.03. The lowest BCUT2D eigenvalue weighted by molar-refractivity contribution is 0.0234. The molecule has 1 aliphatic heterocycles. The Kier molecular flexibility index (Phi) is 4.24. The van der Waals surface area contributed by atoms with Crippen LogP contribution in [-0.4, -0.2) is 39.7 Å². The van der Waals surface area contributed by atoms with Crippen LogP contribution in [-0.2, 0) is 6.42 Å². The Labute approximate surface area is 150 Å². The molecular formula is C19H21N3O4. The molecule has 4 rings (SSSR count). The molecule has 0 saturated heterocycles. The van der Waals surface area contributed by atoms with Gasteiger partial charge >= 0.3 is 0 Å². The highest BCUT2D eigenvalue weighted by atomic mass is 16.5. The van der Waals surface area contributed by atoms with E-state index in [1.807, 2.05) is 12.1 Å². The second-order valence-electron chi connectivity index (χ2n) is 7.03. The van der Waals surface area contributed by atoms with Gasteiger partial charge in [-0.15, -0.1) is 0 Å². The Morgan fingerprint density at radius 2 is 2.15 bits per heavy atom. The highest BCUT2D eigenvalue weighted by molar-refractivity contribution is 5.97. The Hall–Kier alpha value is -2.67. The minimum absolute atomic E-state index is 0.171. The number of Topliss-reactive ketones (excluding diaryl/α,β-unsaturated/α-hetero) is 1. The van der Waals surface area contributed by atoms with E-state index in [9.17, 15) is 14.7 Å². The summed E-state index contributed by atoms with van der Waals surface area (Å²) in [6.07, 6.45) is 1.86. The van der Waals surface area contributed by atoms with E-state index < -0.39 is 0 Å². The maximum absolute atomic E-state index is 12.6. The van der Waals surface area contributed by atoms with E-state index in [-0.39, 0.29) is 41.1 Å². The zero-order chi connectivity index (χ0) is 18.3. The lowest BCUT2D eigenvalue weighted by atomic mass is 9.75. The van der Waals surface area contributed by atoms with Crippen LogP contribution < -0.4 is 10.1 Å². The zero-order valence-electron chi connectivity index (χ0n) is 14.5. The number of rotatable bonds is 5. The van der Waals surface area contributed by atoms with Gasteiger partial charge in [0.25, 0.3) is 5.91 Å². The molecule has 2 aliphatic rings. The van der Waals surface area contributed by atoms with Crippen molar-refractivity contribution in [2.45, 2.75) is 38.3 Å². The predicted octanol–water partition coefficient (Wildman–Crippen LogP) is 1.79. The standard InChI is InChI=1S/C19H21N3O4/c1-10(23)15-9-16(22-21-15)19(25)20-18(13-7-14(24)8-13)12-2-3-17-11(6-12)4-5-26-17/h2-3,6,9,13-14,18,24H,4-5,7-8H2,1H3,(H,20,25)(H,21,22)/t13?,14?,18-/m1/s1. The van der Waals surface area contributed by atoms with Gasteiger partial charge in [-0.2, -0.15) is 5.10 Å². The normalized spacial score (nSPS) is 22.1. The van der Waals surface area contributed by atoms with Gasteiger partial charge in [0.1, 0.15) is 17.1 Å². The first kappa shape index (κ1) is 16.8. The van der Waals surface area contributed by atoms with Crippen molar-refractivity contribution < 1.29 is 19.4 Å². The van der Waals surface area contributed by atoms with Crippen LogP contribution in [0.1, 0.15) is 57.9 Å². The fourth-order valence-electron chi connectivity index (χ4n) is 3.61. The minimum Gasteiger partial charge on any atom is -0.493 e. The van der Waals surface area contributed by atoms with E-state index in [1.54, 1.807) is 0 Å². The molecule has 0 spiro atoms. The number of benzene rings is 1. The van der Waals surface area contributed by atoms with E-state index in [1.165, 1.54) is 13.0 Å². The summed E-state index contributed by atoms with van der Waals surface area (Å²) in [4.78, 5) is 24.0. The molecule has 1 aliphatic carbocycles. The van der Waals surface area contributed by atoms with Crippen LogP contribution in [0.15, 0.2) is 24.3 Å². The van der Waals surface area contributed by atoms with Crippen LogP contribution in [0.4, 0.5) is 0 Å². The maximum Gasteiger partial charge on any atom is 0.269 e. The number of aromatic nitrogens is 2. The van der Waals surface area contributed by atoms with E-state index in [4.69, 9.17) is 4.74 Å². The lowest BCUT2D eigenvalue weighted by Crippen LogP contribution is -2.41. The summed E-state index contributed by atoms with van der Waals surface area (Å²) in [5.74, 6) is 0.558. The summed E-state index contributed by atoms with van der Waals surface area (Å²) in [5, 5.41) is 19.2.